The molecule has 1 nitrogen and oxygen atoms in total. The number of halogens is 3. The Balaban J connectivity index is 3.06. The molecule has 0 N–H and O–H groups in total. The van der Waals surface area contributed by atoms with E-state index in [2.05, 4.69) is 4.98 Å². The molecule has 0 unspecified atom stereocenters. The van der Waals surface area contributed by atoms with Gasteiger partial charge in [-0.2, -0.15) is 13.2 Å². The van der Waals surface area contributed by atoms with E-state index in [0.29, 0.717) is 0 Å². The third-order valence-corrected chi connectivity index (χ3v) is 0.900. The van der Waals surface area contributed by atoms with E-state index in [4.69, 9.17) is 1.37 Å². The van der Waals surface area contributed by atoms with Gasteiger partial charge in [-0.25, -0.2) is 0 Å². The second kappa shape index (κ2) is 2.28. The molecule has 0 aliphatic carbocycles. The van der Waals surface area contributed by atoms with Gasteiger partial charge < -0.3 is 0 Å². The molecule has 1 rings (SSSR count). The zero-order valence-corrected chi connectivity index (χ0v) is 4.81. The minimum Gasteiger partial charge on any atom is -0.252 e. The summed E-state index contributed by atoms with van der Waals surface area (Å²) in [6.07, 6.45) is -4.82. The minimum absolute atomic E-state index is 0.375. The fourth-order valence-electron chi connectivity index (χ4n) is 0.484. The van der Waals surface area contributed by atoms with Crippen LogP contribution < -0.4 is 0 Å². The predicted molar refractivity (Wildman–Crippen MR) is 29.2 cm³/mol. The first-order valence-corrected chi connectivity index (χ1v) is 2.51. The quantitative estimate of drug-likeness (QED) is 0.549. The lowest BCUT2D eigenvalue weighted by Gasteiger charge is -2.02. The molecule has 0 bridgehead atoms. The Morgan fingerprint density at radius 1 is 1.40 bits per heavy atom. The number of hydrogen-bond acceptors (Lipinski definition) is 1. The molecule has 54 valence electrons. The molecular weight excluding hydrogens is 143 g/mol. The van der Waals surface area contributed by atoms with E-state index >= 15 is 0 Å². The van der Waals surface area contributed by atoms with E-state index in [0.717, 1.165) is 12.1 Å². The molecule has 4 heteroatoms. The summed E-state index contributed by atoms with van der Waals surface area (Å²) in [5.74, 6) is 0. The van der Waals surface area contributed by atoms with Crippen molar-refractivity contribution >= 4 is 0 Å². The maximum atomic E-state index is 11.8. The van der Waals surface area contributed by atoms with Crippen LogP contribution >= 0.6 is 0 Å². The average Bonchev–Trinajstić information content (AvgIpc) is 1.86. The first-order valence-electron chi connectivity index (χ1n) is 3.01. The van der Waals surface area contributed by atoms with Crippen LogP contribution in [0.5, 0.6) is 0 Å². The lowest BCUT2D eigenvalue weighted by atomic mass is 10.3. The van der Waals surface area contributed by atoms with Gasteiger partial charge in [0.1, 0.15) is 5.69 Å². The van der Waals surface area contributed by atoms with Gasteiger partial charge >= 0.3 is 6.18 Å². The molecule has 0 atom stereocenters. The van der Waals surface area contributed by atoms with E-state index < -0.39 is 11.9 Å². The van der Waals surface area contributed by atoms with Gasteiger partial charge in [0.25, 0.3) is 0 Å². The van der Waals surface area contributed by atoms with Crippen LogP contribution in [0.2, 0.25) is 0 Å². The summed E-state index contributed by atoms with van der Waals surface area (Å²) in [7, 11) is 0. The molecule has 0 radical (unpaired) electrons. The van der Waals surface area contributed by atoms with Crippen molar-refractivity contribution in [2.75, 3.05) is 0 Å². The molecule has 10 heavy (non-hydrogen) atoms. The van der Waals surface area contributed by atoms with Crippen molar-refractivity contribution in [1.29, 1.82) is 0 Å². The molecule has 0 fully saturated rings. The van der Waals surface area contributed by atoms with Crippen molar-refractivity contribution in [1.82, 2.24) is 4.98 Å². The van der Waals surface area contributed by atoms with Gasteiger partial charge in [-0.1, -0.05) is 6.07 Å². The summed E-state index contributed by atoms with van der Waals surface area (Å²) in [6, 6.07) is 3.17. The number of nitrogens with zero attached hydrogens (tertiary/aromatic N) is 1. The molecule has 0 saturated carbocycles. The summed E-state index contributed by atoms with van der Waals surface area (Å²) in [5.41, 5.74) is -1.02. The molecule has 0 aliphatic rings. The first-order chi connectivity index (χ1) is 5.00. The third-order valence-electron chi connectivity index (χ3n) is 0.900. The predicted octanol–water partition coefficient (Wildman–Crippen LogP) is 2.10. The van der Waals surface area contributed by atoms with E-state index in [1.807, 2.05) is 0 Å². The van der Waals surface area contributed by atoms with Crippen LogP contribution in [-0.4, -0.2) is 4.98 Å². The molecule has 1 heterocycles. The van der Waals surface area contributed by atoms with Crippen LogP contribution in [0, 0.1) is 0 Å². The van der Waals surface area contributed by atoms with E-state index in [1.165, 1.54) is 6.07 Å². The Morgan fingerprint density at radius 3 is 2.50 bits per heavy atom. The standard InChI is InChI=1S/C6H4F3N/c7-6(8,9)5-3-1-2-4-10-5/h1-4H/i4D. The highest BCUT2D eigenvalue weighted by atomic mass is 19.4. The second-order valence-corrected chi connectivity index (χ2v) is 1.65. The fourth-order valence-corrected chi connectivity index (χ4v) is 0.484. The summed E-state index contributed by atoms with van der Waals surface area (Å²) in [6.45, 7) is 0. The SMILES string of the molecule is [2H]c1cccc(C(F)(F)F)n1. The van der Waals surface area contributed by atoms with Gasteiger partial charge in [-0.15, -0.1) is 0 Å². The summed E-state index contributed by atoms with van der Waals surface area (Å²) in [5, 5.41) is 0. The van der Waals surface area contributed by atoms with Crippen LogP contribution in [0.3, 0.4) is 0 Å². The Morgan fingerprint density at radius 2 is 2.10 bits per heavy atom. The molecular formula is C6H4F3N. The smallest absolute Gasteiger partial charge is 0.252 e. The largest absolute Gasteiger partial charge is 0.433 e. The third kappa shape index (κ3) is 1.46. The molecule has 0 aromatic carbocycles. The monoisotopic (exact) mass is 148 g/mol. The molecule has 0 saturated heterocycles. The van der Waals surface area contributed by atoms with Gasteiger partial charge in [0.05, 0.1) is 1.37 Å². The van der Waals surface area contributed by atoms with Crippen LogP contribution in [0.1, 0.15) is 7.06 Å². The normalized spacial score (nSPS) is 12.9. The zero-order chi connectivity index (χ0) is 8.48. The zero-order valence-electron chi connectivity index (χ0n) is 5.81. The fraction of sp³-hybridized carbons (Fsp3) is 0.167. The van der Waals surface area contributed by atoms with Gasteiger partial charge in [0, 0.05) is 6.17 Å². The van der Waals surface area contributed by atoms with Gasteiger partial charge in [0.2, 0.25) is 0 Å². The second-order valence-electron chi connectivity index (χ2n) is 1.65. The van der Waals surface area contributed by atoms with Crippen LogP contribution in [-0.2, 0) is 6.18 Å². The van der Waals surface area contributed by atoms with Crippen molar-refractivity contribution in [3.8, 4) is 0 Å². The Bertz CT molecular complexity index is 258. The summed E-state index contributed by atoms with van der Waals surface area (Å²) < 4.78 is 42.3. The number of aromatic nitrogens is 1. The van der Waals surface area contributed by atoms with Gasteiger partial charge in [0.15, 0.2) is 0 Å². The maximum absolute atomic E-state index is 11.8. The lowest BCUT2D eigenvalue weighted by molar-refractivity contribution is -0.141. The Labute approximate surface area is 56.9 Å². The topological polar surface area (TPSA) is 12.9 Å². The number of rotatable bonds is 0. The van der Waals surface area contributed by atoms with Crippen molar-refractivity contribution < 1.29 is 14.5 Å². The summed E-state index contributed by atoms with van der Waals surface area (Å²) >= 11 is 0. The highest BCUT2D eigenvalue weighted by molar-refractivity contribution is 5.06. The van der Waals surface area contributed by atoms with Crippen LogP contribution in [0.25, 0.3) is 0 Å². The highest BCUT2D eigenvalue weighted by Crippen LogP contribution is 2.26. The van der Waals surface area contributed by atoms with Gasteiger partial charge in [-0.05, 0) is 12.1 Å². The van der Waals surface area contributed by atoms with Crippen molar-refractivity contribution in [2.45, 2.75) is 6.18 Å². The van der Waals surface area contributed by atoms with Crippen molar-refractivity contribution in [2.24, 2.45) is 0 Å². The number of pyridine rings is 1. The van der Waals surface area contributed by atoms with Crippen molar-refractivity contribution in [3.05, 3.63) is 30.1 Å². The van der Waals surface area contributed by atoms with Crippen molar-refractivity contribution in [3.63, 3.8) is 0 Å². The van der Waals surface area contributed by atoms with E-state index in [9.17, 15) is 13.2 Å². The van der Waals surface area contributed by atoms with E-state index in [-0.39, 0.29) is 6.17 Å². The number of hydrogen-bond donors (Lipinski definition) is 0. The maximum Gasteiger partial charge on any atom is 0.433 e. The molecule has 0 spiro atoms. The van der Waals surface area contributed by atoms with Crippen LogP contribution in [0.15, 0.2) is 24.4 Å². The van der Waals surface area contributed by atoms with Crippen LogP contribution in [0.4, 0.5) is 13.2 Å². The minimum atomic E-state index is -4.45. The molecule has 1 aromatic heterocycles. The Kier molecular flexibility index (Phi) is 1.30. The van der Waals surface area contributed by atoms with Gasteiger partial charge in [-0.3, -0.25) is 4.98 Å². The average molecular weight is 148 g/mol. The lowest BCUT2D eigenvalue weighted by Crippen LogP contribution is -2.06. The first kappa shape index (κ1) is 5.70. The van der Waals surface area contributed by atoms with E-state index in [1.54, 1.807) is 0 Å². The summed E-state index contributed by atoms with van der Waals surface area (Å²) in [4.78, 5) is 2.99. The highest BCUT2D eigenvalue weighted by Gasteiger charge is 2.31. The molecule has 1 aromatic rings. The number of alkyl halides is 3. The Hall–Kier alpha value is -1.06. The molecule has 0 amide bonds. The molecule has 0 aliphatic heterocycles.